The van der Waals surface area contributed by atoms with Crippen LogP contribution in [0.2, 0.25) is 0 Å². The molecule has 0 bridgehead atoms. The van der Waals surface area contributed by atoms with Crippen LogP contribution in [0.3, 0.4) is 0 Å². The Labute approximate surface area is 89.0 Å². The lowest BCUT2D eigenvalue weighted by Gasteiger charge is -2.10. The van der Waals surface area contributed by atoms with E-state index in [2.05, 4.69) is 6.92 Å². The summed E-state index contributed by atoms with van der Waals surface area (Å²) in [5.41, 5.74) is 0.926. The molecular weight excluding hydrogens is 194 g/mol. The number of ether oxygens (including phenoxy) is 1. The van der Waals surface area contributed by atoms with E-state index in [1.807, 2.05) is 13.0 Å². The van der Waals surface area contributed by atoms with Crippen molar-refractivity contribution in [3.8, 4) is 0 Å². The highest BCUT2D eigenvalue weighted by atomic mass is 16.6. The summed E-state index contributed by atoms with van der Waals surface area (Å²) >= 11 is 0. The summed E-state index contributed by atoms with van der Waals surface area (Å²) in [6, 6.07) is 6.49. The Morgan fingerprint density at radius 3 is 2.93 bits per heavy atom. The van der Waals surface area contributed by atoms with E-state index in [4.69, 9.17) is 4.74 Å². The molecule has 1 aromatic carbocycles. The first-order chi connectivity index (χ1) is 7.15. The maximum absolute atomic E-state index is 10.5. The maximum atomic E-state index is 10.5. The summed E-state index contributed by atoms with van der Waals surface area (Å²) in [4.78, 5) is 10.1. The first kappa shape index (κ1) is 11.7. The van der Waals surface area contributed by atoms with Crippen molar-refractivity contribution in [3.63, 3.8) is 0 Å². The van der Waals surface area contributed by atoms with Gasteiger partial charge in [0.15, 0.2) is 0 Å². The Kier molecular flexibility index (Phi) is 4.24. The van der Waals surface area contributed by atoms with Gasteiger partial charge < -0.3 is 4.74 Å². The Balaban J connectivity index is 2.76. The molecule has 0 spiro atoms. The lowest BCUT2D eigenvalue weighted by molar-refractivity contribution is -0.384. The van der Waals surface area contributed by atoms with Crippen LogP contribution >= 0.6 is 0 Å². The monoisotopic (exact) mass is 208 g/mol. The van der Waals surface area contributed by atoms with Crippen LogP contribution < -0.4 is 0 Å². The lowest BCUT2D eigenvalue weighted by Crippen LogP contribution is -2.04. The number of nitrogens with zero attached hydrogens (tertiary/aromatic N) is 1. The van der Waals surface area contributed by atoms with E-state index in [9.17, 15) is 10.1 Å². The number of nitro benzene ring substituents is 1. The van der Waals surface area contributed by atoms with Crippen LogP contribution in [0.1, 0.15) is 18.4 Å². The smallest absolute Gasteiger partial charge is 0.269 e. The van der Waals surface area contributed by atoms with E-state index in [0.29, 0.717) is 13.2 Å². The number of hydrogen-bond acceptors (Lipinski definition) is 3. The largest absolute Gasteiger partial charge is 0.381 e. The molecule has 0 saturated carbocycles. The predicted octanol–water partition coefficient (Wildman–Crippen LogP) is 2.55. The third kappa shape index (κ3) is 3.32. The minimum Gasteiger partial charge on any atom is -0.381 e. The molecule has 4 heteroatoms. The van der Waals surface area contributed by atoms with Crippen LogP contribution in [0.5, 0.6) is 0 Å². The zero-order valence-corrected chi connectivity index (χ0v) is 8.68. The van der Waals surface area contributed by atoms with E-state index in [-0.39, 0.29) is 11.6 Å². The molecule has 1 rings (SSSR count). The first-order valence-electron chi connectivity index (χ1n) is 4.80. The van der Waals surface area contributed by atoms with Crippen LogP contribution in [0.15, 0.2) is 24.3 Å². The van der Waals surface area contributed by atoms with Crippen LogP contribution in [0.25, 0.3) is 0 Å². The Morgan fingerprint density at radius 2 is 2.33 bits per heavy atom. The van der Waals surface area contributed by atoms with Crippen molar-refractivity contribution in [1.82, 2.24) is 0 Å². The van der Waals surface area contributed by atoms with Crippen molar-refractivity contribution in [2.45, 2.75) is 12.8 Å². The molecule has 81 valence electrons. The zero-order valence-electron chi connectivity index (χ0n) is 8.68. The van der Waals surface area contributed by atoms with Crippen LogP contribution in [0.4, 0.5) is 5.69 Å². The van der Waals surface area contributed by atoms with Gasteiger partial charge in [-0.05, 0) is 19.4 Å². The average Bonchev–Trinajstić information content (AvgIpc) is 2.26. The number of non-ortho nitro benzene ring substituents is 1. The normalized spacial score (nSPS) is 12.4. The fourth-order valence-electron chi connectivity index (χ4n) is 1.25. The molecule has 1 aromatic rings. The topological polar surface area (TPSA) is 52.4 Å². The highest BCUT2D eigenvalue weighted by Crippen LogP contribution is 2.20. The summed E-state index contributed by atoms with van der Waals surface area (Å²) in [6.07, 6.45) is 0. The Hall–Kier alpha value is -1.42. The van der Waals surface area contributed by atoms with E-state index in [0.717, 1.165) is 5.56 Å². The Bertz CT molecular complexity index is 338. The minimum absolute atomic E-state index is 0.0650. The molecule has 1 radical (unpaired) electrons. The molecular formula is C11H14NO3. The van der Waals surface area contributed by atoms with Crippen molar-refractivity contribution >= 4 is 5.69 Å². The van der Waals surface area contributed by atoms with Gasteiger partial charge in [-0.15, -0.1) is 0 Å². The molecule has 1 atom stereocenters. The predicted molar refractivity (Wildman–Crippen MR) is 57.7 cm³/mol. The highest BCUT2D eigenvalue weighted by molar-refractivity contribution is 5.36. The molecule has 0 aromatic heterocycles. The second-order valence-corrected chi connectivity index (χ2v) is 3.21. The molecule has 0 aliphatic carbocycles. The van der Waals surface area contributed by atoms with Gasteiger partial charge in [0.2, 0.25) is 0 Å². The minimum atomic E-state index is -0.406. The van der Waals surface area contributed by atoms with Crippen molar-refractivity contribution in [1.29, 1.82) is 0 Å². The molecule has 1 unspecified atom stereocenters. The molecule has 0 heterocycles. The van der Waals surface area contributed by atoms with Crippen LogP contribution in [0, 0.1) is 17.0 Å². The van der Waals surface area contributed by atoms with Crippen molar-refractivity contribution in [2.75, 3.05) is 13.2 Å². The third-order valence-electron chi connectivity index (χ3n) is 2.08. The van der Waals surface area contributed by atoms with Crippen LogP contribution in [-0.4, -0.2) is 18.1 Å². The van der Waals surface area contributed by atoms with E-state index >= 15 is 0 Å². The van der Waals surface area contributed by atoms with Crippen molar-refractivity contribution in [3.05, 3.63) is 46.9 Å². The second-order valence-electron chi connectivity index (χ2n) is 3.21. The summed E-state index contributed by atoms with van der Waals surface area (Å²) in [7, 11) is 0. The second kappa shape index (κ2) is 5.46. The highest BCUT2D eigenvalue weighted by Gasteiger charge is 2.10. The van der Waals surface area contributed by atoms with Gasteiger partial charge in [-0.2, -0.15) is 0 Å². The SMILES string of the molecule is [CH2]C(COCC)c1cccc([N+](=O)[O-])c1. The van der Waals surface area contributed by atoms with E-state index in [1.54, 1.807) is 6.07 Å². The van der Waals surface area contributed by atoms with Gasteiger partial charge in [-0.3, -0.25) is 10.1 Å². The fourth-order valence-corrected chi connectivity index (χ4v) is 1.25. The zero-order chi connectivity index (χ0) is 11.3. The molecule has 0 aliphatic rings. The van der Waals surface area contributed by atoms with Gasteiger partial charge in [-0.25, -0.2) is 0 Å². The molecule has 0 fully saturated rings. The first-order valence-corrected chi connectivity index (χ1v) is 4.80. The van der Waals surface area contributed by atoms with Gasteiger partial charge in [0, 0.05) is 24.7 Å². The van der Waals surface area contributed by atoms with E-state index in [1.165, 1.54) is 12.1 Å². The van der Waals surface area contributed by atoms with Gasteiger partial charge in [0.1, 0.15) is 0 Å². The van der Waals surface area contributed by atoms with Gasteiger partial charge in [0.05, 0.1) is 11.5 Å². The van der Waals surface area contributed by atoms with Gasteiger partial charge in [0.25, 0.3) is 5.69 Å². The average molecular weight is 208 g/mol. The summed E-state index contributed by atoms with van der Waals surface area (Å²) in [5, 5.41) is 10.5. The van der Waals surface area contributed by atoms with Gasteiger partial charge in [-0.1, -0.05) is 12.1 Å². The number of nitro groups is 1. The molecule has 0 aliphatic heterocycles. The fraction of sp³-hybridized carbons (Fsp3) is 0.364. The third-order valence-corrected chi connectivity index (χ3v) is 2.08. The molecule has 0 saturated heterocycles. The number of rotatable bonds is 5. The molecule has 0 N–H and O–H groups in total. The maximum Gasteiger partial charge on any atom is 0.269 e. The molecule has 4 nitrogen and oxygen atoms in total. The summed E-state index contributed by atoms with van der Waals surface area (Å²) < 4.78 is 5.22. The van der Waals surface area contributed by atoms with Crippen molar-refractivity contribution < 1.29 is 9.66 Å². The molecule has 0 amide bonds. The molecule has 15 heavy (non-hydrogen) atoms. The number of hydrogen-bond donors (Lipinski definition) is 0. The van der Waals surface area contributed by atoms with Crippen LogP contribution in [-0.2, 0) is 4.74 Å². The lowest BCUT2D eigenvalue weighted by atomic mass is 10.0. The Morgan fingerprint density at radius 1 is 1.60 bits per heavy atom. The summed E-state index contributed by atoms with van der Waals surface area (Å²) in [6.45, 7) is 6.91. The standard InChI is InChI=1S/C11H14NO3/c1-3-15-8-9(2)10-5-4-6-11(7-10)12(13)14/h4-7,9H,2-3,8H2,1H3. The quantitative estimate of drug-likeness (QED) is 0.552. The van der Waals surface area contributed by atoms with Crippen molar-refractivity contribution in [2.24, 2.45) is 0 Å². The van der Waals surface area contributed by atoms with Gasteiger partial charge >= 0.3 is 0 Å². The van der Waals surface area contributed by atoms with E-state index < -0.39 is 4.92 Å². The summed E-state index contributed by atoms with van der Waals surface area (Å²) in [5.74, 6) is -0.0650. The number of benzene rings is 1.